The summed E-state index contributed by atoms with van der Waals surface area (Å²) in [6.07, 6.45) is 3.21. The van der Waals surface area contributed by atoms with Gasteiger partial charge in [-0.05, 0) is 43.0 Å². The first kappa shape index (κ1) is 28.1. The molecule has 0 amide bonds. The van der Waals surface area contributed by atoms with Gasteiger partial charge in [0.2, 0.25) is 5.95 Å². The van der Waals surface area contributed by atoms with E-state index in [-0.39, 0.29) is 31.7 Å². The minimum Gasteiger partial charge on any atom is -0.488 e. The van der Waals surface area contributed by atoms with Crippen molar-refractivity contribution in [3.8, 4) is 17.0 Å². The molecule has 40 heavy (non-hydrogen) atoms. The lowest BCUT2D eigenvalue weighted by atomic mass is 10.1. The Labute approximate surface area is 236 Å². The fraction of sp³-hybridized carbons (Fsp3) is 0.467. The molecule has 3 aromatic rings. The summed E-state index contributed by atoms with van der Waals surface area (Å²) >= 11 is 0. The van der Waals surface area contributed by atoms with Gasteiger partial charge in [0.15, 0.2) is 0 Å². The molecule has 214 valence electrons. The molecule has 0 radical (unpaired) electrons. The summed E-state index contributed by atoms with van der Waals surface area (Å²) in [6.45, 7) is 4.05. The number of ether oxygens (including phenoxy) is 5. The van der Waals surface area contributed by atoms with Gasteiger partial charge in [0.25, 0.3) is 0 Å². The van der Waals surface area contributed by atoms with Gasteiger partial charge in [-0.3, -0.25) is 0 Å². The summed E-state index contributed by atoms with van der Waals surface area (Å²) in [5.41, 5.74) is 9.94. The average molecular weight is 550 g/mol. The van der Waals surface area contributed by atoms with Crippen molar-refractivity contribution in [3.05, 3.63) is 60.2 Å². The monoisotopic (exact) mass is 549 g/mol. The molecular formula is C30H39N5O5. The molecule has 2 aliphatic rings. The highest BCUT2D eigenvalue weighted by Gasteiger charge is 2.35. The molecule has 2 N–H and O–H groups in total. The number of piperidine rings is 1. The van der Waals surface area contributed by atoms with Gasteiger partial charge in [-0.25, -0.2) is 4.98 Å². The van der Waals surface area contributed by atoms with Crippen LogP contribution in [-0.4, -0.2) is 76.2 Å². The third kappa shape index (κ3) is 7.00. The van der Waals surface area contributed by atoms with E-state index in [2.05, 4.69) is 44.0 Å². The van der Waals surface area contributed by atoms with Crippen LogP contribution in [0.1, 0.15) is 24.8 Å². The van der Waals surface area contributed by atoms with Crippen LogP contribution in [0.25, 0.3) is 11.3 Å². The van der Waals surface area contributed by atoms with E-state index in [9.17, 15) is 0 Å². The van der Waals surface area contributed by atoms with E-state index in [4.69, 9.17) is 29.4 Å². The first-order valence-corrected chi connectivity index (χ1v) is 13.8. The smallest absolute Gasteiger partial charge is 0.222 e. The molecule has 1 aromatic heterocycles. The molecule has 0 aliphatic carbocycles. The van der Waals surface area contributed by atoms with Crippen molar-refractivity contribution in [2.24, 2.45) is 0 Å². The largest absolute Gasteiger partial charge is 0.488 e. The number of rotatable bonds is 12. The summed E-state index contributed by atoms with van der Waals surface area (Å²) < 4.78 is 28.5. The van der Waals surface area contributed by atoms with Crippen molar-refractivity contribution in [2.75, 3.05) is 69.5 Å². The zero-order valence-corrected chi connectivity index (χ0v) is 23.3. The number of hydrogen-bond acceptors (Lipinski definition) is 10. The van der Waals surface area contributed by atoms with Crippen LogP contribution in [-0.2, 0) is 25.6 Å². The Morgan fingerprint density at radius 3 is 2.20 bits per heavy atom. The second-order valence-corrected chi connectivity index (χ2v) is 10.1. The predicted molar refractivity (Wildman–Crippen MR) is 154 cm³/mol. The van der Waals surface area contributed by atoms with Crippen LogP contribution in [0.4, 0.5) is 17.5 Å². The summed E-state index contributed by atoms with van der Waals surface area (Å²) in [4.78, 5) is 13.7. The van der Waals surface area contributed by atoms with E-state index in [0.717, 1.165) is 60.0 Å². The van der Waals surface area contributed by atoms with E-state index < -0.39 is 0 Å². The Hall–Kier alpha value is -3.44. The predicted octanol–water partition coefficient (Wildman–Crippen LogP) is 4.09. The number of methoxy groups -OCH3 is 2. The maximum atomic E-state index is 6.35. The molecule has 2 aliphatic heterocycles. The summed E-state index contributed by atoms with van der Waals surface area (Å²) in [5, 5.41) is 0. The lowest BCUT2D eigenvalue weighted by Gasteiger charge is -2.28. The van der Waals surface area contributed by atoms with E-state index in [1.807, 2.05) is 30.3 Å². The molecule has 2 atom stereocenters. The van der Waals surface area contributed by atoms with Gasteiger partial charge in [-0.1, -0.05) is 30.3 Å². The van der Waals surface area contributed by atoms with Crippen LogP contribution < -0.4 is 20.3 Å². The SMILES string of the molecule is COCO[C@H]1CN(c2ccc(OCc3ccccc3)c(-c3cc(N4CCCCC4)nc(N)n3)c2)C[C@@H]1OCOC. The molecule has 10 nitrogen and oxygen atoms in total. The zero-order valence-electron chi connectivity index (χ0n) is 23.3. The number of nitrogens with two attached hydrogens (primary N) is 1. The standard InChI is InChI=1S/C30H39N5O5/c1-36-20-39-27-17-35(18-28(27)40-21-37-2)23-11-12-26(38-19-22-9-5-3-6-10-22)24(15-23)25-16-29(33-30(31)32-25)34-13-7-4-8-14-34/h3,5-6,9-12,15-16,27-28H,4,7-8,13-14,17-21H2,1-2H3,(H2,31,32,33)/t27-,28-/m0/s1. The quantitative estimate of drug-likeness (QED) is 0.332. The number of nitrogens with zero attached hydrogens (tertiary/aromatic N) is 4. The van der Waals surface area contributed by atoms with E-state index in [1.54, 1.807) is 14.2 Å². The van der Waals surface area contributed by atoms with Crippen LogP contribution in [0.5, 0.6) is 5.75 Å². The Balaban J connectivity index is 1.46. The number of nitrogen functional groups attached to an aromatic ring is 1. The Bertz CT molecular complexity index is 1210. The Morgan fingerprint density at radius 1 is 0.825 bits per heavy atom. The van der Waals surface area contributed by atoms with Crippen LogP contribution in [0, 0.1) is 0 Å². The Morgan fingerprint density at radius 2 is 1.52 bits per heavy atom. The third-order valence-electron chi connectivity index (χ3n) is 7.27. The minimum absolute atomic E-state index is 0.159. The van der Waals surface area contributed by atoms with Gasteiger partial charge in [-0.2, -0.15) is 4.98 Å². The molecule has 2 aromatic carbocycles. The highest BCUT2D eigenvalue weighted by atomic mass is 16.7. The van der Waals surface area contributed by atoms with Gasteiger partial charge in [0.05, 0.1) is 5.69 Å². The second kappa shape index (κ2) is 13.8. The topological polar surface area (TPSA) is 104 Å². The molecule has 0 unspecified atom stereocenters. The van der Waals surface area contributed by atoms with Crippen LogP contribution in [0.2, 0.25) is 0 Å². The molecule has 0 saturated carbocycles. The van der Waals surface area contributed by atoms with Gasteiger partial charge in [0.1, 0.15) is 44.0 Å². The van der Waals surface area contributed by atoms with Crippen molar-refractivity contribution >= 4 is 17.5 Å². The lowest BCUT2D eigenvalue weighted by Crippen LogP contribution is -2.31. The fourth-order valence-corrected chi connectivity index (χ4v) is 5.24. The first-order valence-electron chi connectivity index (χ1n) is 13.8. The van der Waals surface area contributed by atoms with Crippen molar-refractivity contribution in [2.45, 2.75) is 38.1 Å². The average Bonchev–Trinajstić information content (AvgIpc) is 3.41. The number of aromatic nitrogens is 2. The third-order valence-corrected chi connectivity index (χ3v) is 7.27. The highest BCUT2D eigenvalue weighted by molar-refractivity contribution is 5.75. The normalized spacial score (nSPS) is 19.2. The molecule has 2 fully saturated rings. The second-order valence-electron chi connectivity index (χ2n) is 10.1. The van der Waals surface area contributed by atoms with Crippen molar-refractivity contribution in [3.63, 3.8) is 0 Å². The first-order chi connectivity index (χ1) is 19.6. The fourth-order valence-electron chi connectivity index (χ4n) is 5.24. The zero-order chi connectivity index (χ0) is 27.7. The van der Waals surface area contributed by atoms with Gasteiger partial charge in [0, 0.05) is 57.7 Å². The molecule has 3 heterocycles. The summed E-state index contributed by atoms with van der Waals surface area (Å²) in [7, 11) is 3.23. The van der Waals surface area contributed by atoms with Crippen LogP contribution >= 0.6 is 0 Å². The Kier molecular flexibility index (Phi) is 9.67. The lowest BCUT2D eigenvalue weighted by molar-refractivity contribution is -0.139. The summed E-state index contributed by atoms with van der Waals surface area (Å²) in [6, 6.07) is 18.3. The molecular weight excluding hydrogens is 510 g/mol. The van der Waals surface area contributed by atoms with Crippen molar-refractivity contribution < 1.29 is 23.7 Å². The molecule has 0 spiro atoms. The number of anilines is 3. The summed E-state index contributed by atoms with van der Waals surface area (Å²) in [5.74, 6) is 1.83. The maximum absolute atomic E-state index is 6.35. The van der Waals surface area contributed by atoms with Gasteiger partial charge < -0.3 is 39.2 Å². The van der Waals surface area contributed by atoms with E-state index in [0.29, 0.717) is 19.7 Å². The molecule has 10 heteroatoms. The number of hydrogen-bond donors (Lipinski definition) is 1. The maximum Gasteiger partial charge on any atom is 0.222 e. The number of benzene rings is 2. The molecule has 0 bridgehead atoms. The molecule has 5 rings (SSSR count). The highest BCUT2D eigenvalue weighted by Crippen LogP contribution is 2.37. The van der Waals surface area contributed by atoms with Crippen LogP contribution in [0.3, 0.4) is 0 Å². The van der Waals surface area contributed by atoms with E-state index in [1.165, 1.54) is 6.42 Å². The van der Waals surface area contributed by atoms with Crippen LogP contribution in [0.15, 0.2) is 54.6 Å². The molecule has 2 saturated heterocycles. The van der Waals surface area contributed by atoms with Crippen molar-refractivity contribution in [1.29, 1.82) is 0 Å². The van der Waals surface area contributed by atoms with Gasteiger partial charge >= 0.3 is 0 Å². The van der Waals surface area contributed by atoms with E-state index >= 15 is 0 Å². The minimum atomic E-state index is -0.159. The van der Waals surface area contributed by atoms with Crippen molar-refractivity contribution in [1.82, 2.24) is 9.97 Å². The van der Waals surface area contributed by atoms with Gasteiger partial charge in [-0.15, -0.1) is 0 Å².